The molecular weight excluding hydrogens is 248 g/mol. The van der Waals surface area contributed by atoms with Gasteiger partial charge >= 0.3 is 0 Å². The molecule has 1 N–H and O–H groups in total. The topological polar surface area (TPSA) is 24.5 Å². The Hall–Kier alpha value is -0.770. The third-order valence-electron chi connectivity index (χ3n) is 2.98. The number of hydrogen-bond donors (Lipinski definition) is 1. The summed E-state index contributed by atoms with van der Waals surface area (Å²) >= 11 is 6.30. The van der Waals surface area contributed by atoms with E-state index in [1.807, 2.05) is 12.1 Å². The zero-order valence-corrected chi connectivity index (χ0v) is 12.3. The number of hydrogen-bond acceptors (Lipinski definition) is 3. The number of nitrogens with one attached hydrogen (secondary N) is 1. The molecule has 102 valence electrons. The Morgan fingerprint density at radius 3 is 2.61 bits per heavy atom. The van der Waals surface area contributed by atoms with Crippen molar-refractivity contribution in [2.45, 2.75) is 20.4 Å². The molecule has 0 amide bonds. The molecule has 4 heteroatoms. The number of anilines is 1. The molecule has 0 fully saturated rings. The van der Waals surface area contributed by atoms with Gasteiger partial charge in [-0.2, -0.15) is 0 Å². The number of halogens is 1. The van der Waals surface area contributed by atoms with Crippen LogP contribution in [0.15, 0.2) is 18.2 Å². The lowest BCUT2D eigenvalue weighted by atomic mass is 10.1. The van der Waals surface area contributed by atoms with Crippen molar-refractivity contribution in [1.82, 2.24) is 5.32 Å². The lowest BCUT2D eigenvalue weighted by molar-refractivity contribution is 0.199. The highest BCUT2D eigenvalue weighted by molar-refractivity contribution is 6.31. The summed E-state index contributed by atoms with van der Waals surface area (Å²) in [5.41, 5.74) is 2.39. The van der Waals surface area contributed by atoms with Gasteiger partial charge < -0.3 is 15.0 Å². The first-order chi connectivity index (χ1) is 8.74. The first-order valence-corrected chi connectivity index (χ1v) is 6.84. The molecule has 1 rings (SSSR count). The summed E-state index contributed by atoms with van der Waals surface area (Å²) in [4.78, 5) is 2.32. The van der Waals surface area contributed by atoms with Crippen LogP contribution in [0.1, 0.15) is 19.4 Å². The van der Waals surface area contributed by atoms with Gasteiger partial charge in [0.05, 0.1) is 6.61 Å². The molecule has 3 nitrogen and oxygen atoms in total. The van der Waals surface area contributed by atoms with Gasteiger partial charge in [0.1, 0.15) is 0 Å². The van der Waals surface area contributed by atoms with Gasteiger partial charge in [-0.05, 0) is 26.0 Å². The lowest BCUT2D eigenvalue weighted by Crippen LogP contribution is -2.25. The summed E-state index contributed by atoms with van der Waals surface area (Å²) in [6, 6.07) is 6.09. The zero-order valence-electron chi connectivity index (χ0n) is 11.5. The minimum Gasteiger partial charge on any atom is -0.383 e. The van der Waals surface area contributed by atoms with Crippen molar-refractivity contribution >= 4 is 17.3 Å². The maximum Gasteiger partial charge on any atom is 0.0587 e. The maximum atomic E-state index is 6.30. The van der Waals surface area contributed by atoms with Crippen molar-refractivity contribution in [3.05, 3.63) is 28.8 Å². The largest absolute Gasteiger partial charge is 0.383 e. The molecule has 0 radical (unpaired) electrons. The van der Waals surface area contributed by atoms with Crippen molar-refractivity contribution in [2.75, 3.05) is 38.3 Å². The third-order valence-corrected chi connectivity index (χ3v) is 3.34. The summed E-state index contributed by atoms with van der Waals surface area (Å²) in [5.74, 6) is 0. The van der Waals surface area contributed by atoms with Crippen LogP contribution in [0.2, 0.25) is 5.02 Å². The molecule has 0 aliphatic carbocycles. The number of methoxy groups -OCH3 is 1. The standard InChI is InChI=1S/C14H23ClN2O/c1-4-17(5-2)14-8-6-7-13(15)12(14)11-16-9-10-18-3/h6-8,16H,4-5,9-11H2,1-3H3. The molecule has 0 saturated heterocycles. The number of benzene rings is 1. The van der Waals surface area contributed by atoms with Crippen LogP contribution in [0.25, 0.3) is 0 Å². The Kier molecular flexibility index (Phi) is 7.09. The molecule has 0 atom stereocenters. The molecule has 0 unspecified atom stereocenters. The highest BCUT2D eigenvalue weighted by Crippen LogP contribution is 2.27. The predicted octanol–water partition coefficient (Wildman–Crippen LogP) is 2.92. The van der Waals surface area contributed by atoms with Gasteiger partial charge in [0.2, 0.25) is 0 Å². The van der Waals surface area contributed by atoms with Crippen molar-refractivity contribution in [2.24, 2.45) is 0 Å². The van der Waals surface area contributed by atoms with Gasteiger partial charge in [-0.3, -0.25) is 0 Å². The molecular formula is C14H23ClN2O. The zero-order chi connectivity index (χ0) is 13.4. The normalized spacial score (nSPS) is 10.7. The van der Waals surface area contributed by atoms with Crippen LogP contribution < -0.4 is 10.2 Å². The number of rotatable bonds is 8. The molecule has 0 bridgehead atoms. The number of ether oxygens (including phenoxy) is 1. The Morgan fingerprint density at radius 2 is 2.00 bits per heavy atom. The maximum absolute atomic E-state index is 6.30. The smallest absolute Gasteiger partial charge is 0.0587 e. The minimum absolute atomic E-state index is 0.713. The van der Waals surface area contributed by atoms with E-state index in [0.29, 0.717) is 6.61 Å². The Morgan fingerprint density at radius 1 is 1.28 bits per heavy atom. The van der Waals surface area contributed by atoms with E-state index in [9.17, 15) is 0 Å². The predicted molar refractivity (Wildman–Crippen MR) is 78.6 cm³/mol. The fraction of sp³-hybridized carbons (Fsp3) is 0.571. The van der Waals surface area contributed by atoms with Gasteiger partial charge in [-0.1, -0.05) is 17.7 Å². The average Bonchev–Trinajstić information content (AvgIpc) is 2.38. The third kappa shape index (κ3) is 4.16. The summed E-state index contributed by atoms with van der Waals surface area (Å²) in [7, 11) is 1.71. The molecule has 1 aromatic carbocycles. The SMILES string of the molecule is CCN(CC)c1cccc(Cl)c1CNCCOC. The van der Waals surface area contributed by atoms with Gasteiger partial charge in [-0.25, -0.2) is 0 Å². The van der Waals surface area contributed by atoms with Gasteiger partial charge in [-0.15, -0.1) is 0 Å². The van der Waals surface area contributed by atoms with E-state index in [2.05, 4.69) is 30.1 Å². The van der Waals surface area contributed by atoms with Gasteiger partial charge in [0.15, 0.2) is 0 Å². The van der Waals surface area contributed by atoms with E-state index in [-0.39, 0.29) is 0 Å². The fourth-order valence-corrected chi connectivity index (χ4v) is 2.21. The second-order valence-corrected chi connectivity index (χ2v) is 4.49. The summed E-state index contributed by atoms with van der Waals surface area (Å²) < 4.78 is 5.02. The van der Waals surface area contributed by atoms with Crippen molar-refractivity contribution in [3.8, 4) is 0 Å². The molecule has 0 aliphatic heterocycles. The minimum atomic E-state index is 0.713. The first-order valence-electron chi connectivity index (χ1n) is 6.46. The number of nitrogens with zero attached hydrogens (tertiary/aromatic N) is 1. The van der Waals surface area contributed by atoms with Crippen LogP contribution in [0.5, 0.6) is 0 Å². The summed E-state index contributed by atoms with van der Waals surface area (Å²) in [6.07, 6.45) is 0. The monoisotopic (exact) mass is 270 g/mol. The molecule has 0 spiro atoms. The van der Waals surface area contributed by atoms with Gasteiger partial charge in [0, 0.05) is 49.6 Å². The van der Waals surface area contributed by atoms with E-state index in [4.69, 9.17) is 16.3 Å². The summed E-state index contributed by atoms with van der Waals surface area (Å²) in [5, 5.41) is 4.17. The quantitative estimate of drug-likeness (QED) is 0.735. The van der Waals surface area contributed by atoms with E-state index >= 15 is 0 Å². The van der Waals surface area contributed by atoms with E-state index in [1.54, 1.807) is 7.11 Å². The van der Waals surface area contributed by atoms with Crippen LogP contribution in [-0.2, 0) is 11.3 Å². The van der Waals surface area contributed by atoms with E-state index < -0.39 is 0 Å². The molecule has 18 heavy (non-hydrogen) atoms. The van der Waals surface area contributed by atoms with E-state index in [0.717, 1.165) is 31.2 Å². The van der Waals surface area contributed by atoms with Crippen LogP contribution >= 0.6 is 11.6 Å². The van der Waals surface area contributed by atoms with Gasteiger partial charge in [0.25, 0.3) is 0 Å². The van der Waals surface area contributed by atoms with Crippen LogP contribution in [0, 0.1) is 0 Å². The molecule has 0 saturated carbocycles. The lowest BCUT2D eigenvalue weighted by Gasteiger charge is -2.25. The first kappa shape index (κ1) is 15.3. The van der Waals surface area contributed by atoms with Crippen LogP contribution in [0.4, 0.5) is 5.69 Å². The Balaban J connectivity index is 2.80. The molecule has 0 aromatic heterocycles. The fourth-order valence-electron chi connectivity index (χ4n) is 1.97. The highest BCUT2D eigenvalue weighted by atomic mass is 35.5. The van der Waals surface area contributed by atoms with Crippen molar-refractivity contribution in [3.63, 3.8) is 0 Å². The van der Waals surface area contributed by atoms with Crippen LogP contribution in [-0.4, -0.2) is 33.4 Å². The van der Waals surface area contributed by atoms with Crippen LogP contribution in [0.3, 0.4) is 0 Å². The van der Waals surface area contributed by atoms with E-state index in [1.165, 1.54) is 11.3 Å². The Labute approximate surface area is 115 Å². The highest BCUT2D eigenvalue weighted by Gasteiger charge is 2.10. The Bertz CT molecular complexity index is 354. The van der Waals surface area contributed by atoms with Crippen molar-refractivity contribution in [1.29, 1.82) is 0 Å². The molecule has 0 aliphatic rings. The van der Waals surface area contributed by atoms with Crippen molar-refractivity contribution < 1.29 is 4.74 Å². The average molecular weight is 271 g/mol. The summed E-state index contributed by atoms with van der Waals surface area (Å²) in [6.45, 7) is 8.61. The second-order valence-electron chi connectivity index (χ2n) is 4.08. The second kappa shape index (κ2) is 8.35. The molecule has 1 aromatic rings. The molecule has 0 heterocycles.